The molecule has 6 nitrogen and oxygen atoms in total. The highest BCUT2D eigenvalue weighted by Gasteiger charge is 2.06. The third kappa shape index (κ3) is 3.34. The summed E-state index contributed by atoms with van der Waals surface area (Å²) in [5.41, 5.74) is 1.15. The molecule has 0 N–H and O–H groups in total. The lowest BCUT2D eigenvalue weighted by Gasteiger charge is -2.05. The molecule has 106 valence electrons. The van der Waals surface area contributed by atoms with Crippen molar-refractivity contribution in [1.82, 2.24) is 14.8 Å². The van der Waals surface area contributed by atoms with E-state index in [0.29, 0.717) is 24.0 Å². The zero-order valence-electron chi connectivity index (χ0n) is 11.7. The lowest BCUT2D eigenvalue weighted by molar-refractivity contribution is 0.0600. The molecule has 0 aliphatic rings. The van der Waals surface area contributed by atoms with E-state index < -0.39 is 5.97 Å². The molecule has 20 heavy (non-hydrogen) atoms. The first-order chi connectivity index (χ1) is 9.60. The van der Waals surface area contributed by atoms with Crippen molar-refractivity contribution in [2.45, 2.75) is 26.5 Å². The average molecular weight is 275 g/mol. The highest BCUT2D eigenvalue weighted by Crippen LogP contribution is 2.14. The third-order valence-corrected chi connectivity index (χ3v) is 2.74. The van der Waals surface area contributed by atoms with Crippen LogP contribution in [0.4, 0.5) is 0 Å². The first-order valence-electron chi connectivity index (χ1n) is 6.30. The van der Waals surface area contributed by atoms with Crippen LogP contribution in [0.5, 0.6) is 5.75 Å². The second-order valence-corrected chi connectivity index (χ2v) is 4.57. The quantitative estimate of drug-likeness (QED) is 0.783. The van der Waals surface area contributed by atoms with Gasteiger partial charge < -0.3 is 9.47 Å². The fourth-order valence-corrected chi connectivity index (χ4v) is 1.58. The van der Waals surface area contributed by atoms with E-state index in [1.54, 1.807) is 18.3 Å². The molecular weight excluding hydrogens is 258 g/mol. The maximum Gasteiger partial charge on any atom is 0.339 e. The molecule has 0 fully saturated rings. The molecule has 2 aromatic heterocycles. The number of aromatic nitrogens is 3. The van der Waals surface area contributed by atoms with E-state index in [0.717, 1.165) is 5.69 Å². The number of nitrogens with zero attached hydrogens (tertiary/aromatic N) is 3. The second-order valence-electron chi connectivity index (χ2n) is 4.57. The van der Waals surface area contributed by atoms with Crippen LogP contribution in [0.25, 0.3) is 0 Å². The Balaban J connectivity index is 1.95. The van der Waals surface area contributed by atoms with Crippen LogP contribution in [0.2, 0.25) is 0 Å². The number of hydrogen-bond donors (Lipinski definition) is 0. The largest absolute Gasteiger partial charge is 0.484 e. The van der Waals surface area contributed by atoms with Crippen molar-refractivity contribution in [2.75, 3.05) is 7.11 Å². The van der Waals surface area contributed by atoms with Crippen molar-refractivity contribution in [3.8, 4) is 5.75 Å². The summed E-state index contributed by atoms with van der Waals surface area (Å²) in [5.74, 6) is 0.292. The zero-order chi connectivity index (χ0) is 14.5. The first-order valence-corrected chi connectivity index (χ1v) is 6.30. The summed E-state index contributed by atoms with van der Waals surface area (Å²) in [6.45, 7) is 4.42. The van der Waals surface area contributed by atoms with E-state index in [-0.39, 0.29) is 0 Å². The van der Waals surface area contributed by atoms with Gasteiger partial charge in [-0.2, -0.15) is 5.10 Å². The molecule has 0 atom stereocenters. The van der Waals surface area contributed by atoms with Crippen LogP contribution in [-0.2, 0) is 11.3 Å². The minimum atomic E-state index is -0.400. The van der Waals surface area contributed by atoms with Gasteiger partial charge in [0.25, 0.3) is 0 Å². The Bertz CT molecular complexity index is 576. The number of methoxy groups -OCH3 is 1. The van der Waals surface area contributed by atoms with Gasteiger partial charge in [-0.05, 0) is 26.0 Å². The van der Waals surface area contributed by atoms with Crippen LogP contribution >= 0.6 is 0 Å². The van der Waals surface area contributed by atoms with E-state index >= 15 is 0 Å². The average Bonchev–Trinajstić information content (AvgIpc) is 2.94. The van der Waals surface area contributed by atoms with Crippen LogP contribution < -0.4 is 4.74 Å². The summed E-state index contributed by atoms with van der Waals surface area (Å²) in [5, 5.41) is 4.19. The second kappa shape index (κ2) is 6.18. The molecule has 0 aliphatic carbocycles. The molecule has 0 amide bonds. The normalized spacial score (nSPS) is 10.6. The summed E-state index contributed by atoms with van der Waals surface area (Å²) in [4.78, 5) is 15.4. The van der Waals surface area contributed by atoms with Gasteiger partial charge in [0.05, 0.1) is 30.8 Å². The molecule has 0 aliphatic heterocycles. The summed E-state index contributed by atoms with van der Waals surface area (Å²) in [7, 11) is 1.34. The molecule has 0 spiro atoms. The van der Waals surface area contributed by atoms with Gasteiger partial charge in [0.1, 0.15) is 6.61 Å². The van der Waals surface area contributed by atoms with Gasteiger partial charge in [-0.1, -0.05) is 0 Å². The fourth-order valence-electron chi connectivity index (χ4n) is 1.58. The standard InChI is InChI=1S/C14H17N3O3/c1-10(2)17-8-13(7-16-17)20-9-12-5-4-11(6-15-12)14(18)19-3/h4-8,10H,9H2,1-3H3. The number of esters is 1. The van der Waals surface area contributed by atoms with E-state index in [1.165, 1.54) is 13.3 Å². The fraction of sp³-hybridized carbons (Fsp3) is 0.357. The van der Waals surface area contributed by atoms with Crippen molar-refractivity contribution in [3.63, 3.8) is 0 Å². The van der Waals surface area contributed by atoms with Crippen molar-refractivity contribution in [3.05, 3.63) is 42.0 Å². The number of hydrogen-bond acceptors (Lipinski definition) is 5. The highest BCUT2D eigenvalue weighted by atomic mass is 16.5. The van der Waals surface area contributed by atoms with Crippen LogP contribution in [0.15, 0.2) is 30.7 Å². The Hall–Kier alpha value is -2.37. The number of rotatable bonds is 5. The van der Waals surface area contributed by atoms with Crippen molar-refractivity contribution in [2.24, 2.45) is 0 Å². The topological polar surface area (TPSA) is 66.2 Å². The molecule has 6 heteroatoms. The minimum Gasteiger partial charge on any atom is -0.484 e. The maximum atomic E-state index is 11.3. The van der Waals surface area contributed by atoms with Gasteiger partial charge in [-0.15, -0.1) is 0 Å². The molecule has 2 heterocycles. The molecule has 0 radical (unpaired) electrons. The molecule has 0 unspecified atom stereocenters. The van der Waals surface area contributed by atoms with Crippen LogP contribution in [0.1, 0.15) is 35.9 Å². The van der Waals surface area contributed by atoms with Gasteiger partial charge in [0.15, 0.2) is 5.75 Å². The van der Waals surface area contributed by atoms with Crippen molar-refractivity contribution >= 4 is 5.97 Å². The van der Waals surface area contributed by atoms with E-state index in [1.807, 2.05) is 24.7 Å². The number of carbonyl (C=O) groups excluding carboxylic acids is 1. The van der Waals surface area contributed by atoms with Crippen LogP contribution in [0, 0.1) is 0 Å². The Morgan fingerprint density at radius 3 is 2.70 bits per heavy atom. The summed E-state index contributed by atoms with van der Waals surface area (Å²) >= 11 is 0. The Morgan fingerprint density at radius 1 is 1.35 bits per heavy atom. The lowest BCUT2D eigenvalue weighted by atomic mass is 10.2. The molecular formula is C14H17N3O3. The van der Waals surface area contributed by atoms with Gasteiger partial charge in [-0.25, -0.2) is 4.79 Å². The van der Waals surface area contributed by atoms with E-state index in [9.17, 15) is 4.79 Å². The SMILES string of the molecule is COC(=O)c1ccc(COc2cnn(C(C)C)c2)nc1. The monoisotopic (exact) mass is 275 g/mol. The first kappa shape index (κ1) is 14.0. The van der Waals surface area contributed by atoms with Crippen molar-refractivity contribution < 1.29 is 14.3 Å². The number of pyridine rings is 1. The molecule has 0 saturated heterocycles. The summed E-state index contributed by atoms with van der Waals surface area (Å²) in [6.07, 6.45) is 4.98. The number of ether oxygens (including phenoxy) is 2. The van der Waals surface area contributed by atoms with Gasteiger partial charge in [0, 0.05) is 12.2 Å². The number of carbonyl (C=O) groups is 1. The Labute approximate surface area is 117 Å². The third-order valence-electron chi connectivity index (χ3n) is 2.74. The molecule has 2 rings (SSSR count). The van der Waals surface area contributed by atoms with E-state index in [2.05, 4.69) is 14.8 Å². The molecule has 0 bridgehead atoms. The summed E-state index contributed by atoms with van der Waals surface area (Å²) in [6, 6.07) is 3.69. The lowest BCUT2D eigenvalue weighted by Crippen LogP contribution is -2.04. The van der Waals surface area contributed by atoms with E-state index in [4.69, 9.17) is 4.74 Å². The minimum absolute atomic E-state index is 0.296. The molecule has 0 saturated carbocycles. The van der Waals surface area contributed by atoms with Crippen LogP contribution in [0.3, 0.4) is 0 Å². The summed E-state index contributed by atoms with van der Waals surface area (Å²) < 4.78 is 12.0. The predicted octanol–water partition coefficient (Wildman–Crippen LogP) is 2.22. The van der Waals surface area contributed by atoms with Gasteiger partial charge in [0.2, 0.25) is 0 Å². The van der Waals surface area contributed by atoms with Gasteiger partial charge >= 0.3 is 5.97 Å². The molecule has 2 aromatic rings. The van der Waals surface area contributed by atoms with Crippen molar-refractivity contribution in [1.29, 1.82) is 0 Å². The smallest absolute Gasteiger partial charge is 0.339 e. The predicted molar refractivity (Wildman–Crippen MR) is 72.5 cm³/mol. The Morgan fingerprint density at radius 2 is 2.15 bits per heavy atom. The van der Waals surface area contributed by atoms with Crippen LogP contribution in [-0.4, -0.2) is 27.8 Å². The maximum absolute atomic E-state index is 11.3. The highest BCUT2D eigenvalue weighted by molar-refractivity contribution is 5.88. The Kier molecular flexibility index (Phi) is 4.34. The molecule has 0 aromatic carbocycles. The zero-order valence-corrected chi connectivity index (χ0v) is 11.7. The van der Waals surface area contributed by atoms with Gasteiger partial charge in [-0.3, -0.25) is 9.67 Å².